The minimum atomic E-state index is -3.32. The van der Waals surface area contributed by atoms with E-state index in [0.717, 1.165) is 0 Å². The molecule has 0 spiro atoms. The highest BCUT2D eigenvalue weighted by molar-refractivity contribution is 7.89. The Labute approximate surface area is 106 Å². The van der Waals surface area contributed by atoms with E-state index in [1.54, 1.807) is 0 Å². The van der Waals surface area contributed by atoms with Gasteiger partial charge < -0.3 is 10.4 Å². The summed E-state index contributed by atoms with van der Waals surface area (Å²) in [5.74, 6) is -2.08. The van der Waals surface area contributed by atoms with Crippen molar-refractivity contribution in [1.82, 2.24) is 10.0 Å². The van der Waals surface area contributed by atoms with Gasteiger partial charge in [-0.2, -0.15) is 0 Å². The second-order valence-corrected chi connectivity index (χ2v) is 6.41. The summed E-state index contributed by atoms with van der Waals surface area (Å²) in [7, 11) is -2.01. The highest BCUT2D eigenvalue weighted by Gasteiger charge is 2.33. The molecule has 2 atom stereocenters. The van der Waals surface area contributed by atoms with E-state index in [-0.39, 0.29) is 24.1 Å². The first-order valence-corrected chi connectivity index (χ1v) is 7.42. The maximum absolute atomic E-state index is 11.7. The summed E-state index contributed by atoms with van der Waals surface area (Å²) in [5.41, 5.74) is 0. The van der Waals surface area contributed by atoms with Crippen LogP contribution in [0, 0.1) is 11.8 Å². The van der Waals surface area contributed by atoms with Crippen LogP contribution in [0.25, 0.3) is 0 Å². The van der Waals surface area contributed by atoms with Crippen LogP contribution in [0.4, 0.5) is 0 Å². The molecule has 0 aromatic carbocycles. The standard InChI is InChI=1S/C10H18N2O5S/c1-11-18(16,17)5-4-12-9(13)7-2-3-8(6-7)10(14)15/h7-8,11H,2-6H2,1H3,(H,12,13)(H,14,15). The number of aliphatic carboxylic acids is 1. The lowest BCUT2D eigenvalue weighted by Crippen LogP contribution is -2.35. The van der Waals surface area contributed by atoms with Crippen molar-refractivity contribution in [1.29, 1.82) is 0 Å². The molecular weight excluding hydrogens is 260 g/mol. The summed E-state index contributed by atoms with van der Waals surface area (Å²) in [6.45, 7) is 0.0379. The second-order valence-electron chi connectivity index (χ2n) is 4.36. The van der Waals surface area contributed by atoms with Crippen LogP contribution in [-0.4, -0.2) is 44.7 Å². The summed E-state index contributed by atoms with van der Waals surface area (Å²) >= 11 is 0. The van der Waals surface area contributed by atoms with Gasteiger partial charge in [0, 0.05) is 12.5 Å². The molecule has 0 heterocycles. The van der Waals surface area contributed by atoms with Crippen molar-refractivity contribution in [3.8, 4) is 0 Å². The predicted molar refractivity (Wildman–Crippen MR) is 64.3 cm³/mol. The molecule has 0 aliphatic heterocycles. The van der Waals surface area contributed by atoms with Crippen LogP contribution in [0.15, 0.2) is 0 Å². The van der Waals surface area contributed by atoms with Gasteiger partial charge in [0.1, 0.15) is 0 Å². The second kappa shape index (κ2) is 6.14. The fourth-order valence-corrected chi connectivity index (χ4v) is 2.57. The molecule has 0 aromatic heterocycles. The van der Waals surface area contributed by atoms with Gasteiger partial charge in [-0.05, 0) is 26.3 Å². The van der Waals surface area contributed by atoms with Gasteiger partial charge in [-0.3, -0.25) is 9.59 Å². The van der Waals surface area contributed by atoms with E-state index in [4.69, 9.17) is 5.11 Å². The van der Waals surface area contributed by atoms with Crippen LogP contribution in [0.3, 0.4) is 0 Å². The first-order valence-electron chi connectivity index (χ1n) is 5.77. The van der Waals surface area contributed by atoms with Gasteiger partial charge in [0.2, 0.25) is 15.9 Å². The van der Waals surface area contributed by atoms with Gasteiger partial charge in [0.15, 0.2) is 0 Å². The van der Waals surface area contributed by atoms with Gasteiger partial charge in [-0.15, -0.1) is 0 Å². The van der Waals surface area contributed by atoms with E-state index in [9.17, 15) is 18.0 Å². The lowest BCUT2D eigenvalue weighted by molar-refractivity contribution is -0.141. The van der Waals surface area contributed by atoms with E-state index in [0.29, 0.717) is 19.3 Å². The van der Waals surface area contributed by atoms with Crippen molar-refractivity contribution in [2.24, 2.45) is 11.8 Å². The SMILES string of the molecule is CNS(=O)(=O)CCNC(=O)C1CCC(C(=O)O)C1. The molecule has 0 radical (unpaired) electrons. The number of carboxylic acids is 1. The monoisotopic (exact) mass is 278 g/mol. The quantitative estimate of drug-likeness (QED) is 0.586. The Hall–Kier alpha value is -1.15. The molecule has 1 rings (SSSR count). The van der Waals surface area contributed by atoms with Crippen LogP contribution in [-0.2, 0) is 19.6 Å². The predicted octanol–water partition coefficient (Wildman–Crippen LogP) is -0.847. The molecule has 18 heavy (non-hydrogen) atoms. The Bertz CT molecular complexity index is 420. The van der Waals surface area contributed by atoms with E-state index in [1.807, 2.05) is 0 Å². The Balaban J connectivity index is 2.33. The van der Waals surface area contributed by atoms with Gasteiger partial charge >= 0.3 is 5.97 Å². The largest absolute Gasteiger partial charge is 0.481 e. The maximum Gasteiger partial charge on any atom is 0.306 e. The van der Waals surface area contributed by atoms with Crippen molar-refractivity contribution in [2.75, 3.05) is 19.3 Å². The minimum absolute atomic E-state index is 0.0379. The van der Waals surface area contributed by atoms with Crippen molar-refractivity contribution >= 4 is 21.9 Å². The molecule has 1 amide bonds. The molecule has 104 valence electrons. The molecule has 0 bridgehead atoms. The summed E-state index contributed by atoms with van der Waals surface area (Å²) in [4.78, 5) is 22.4. The number of hydrogen-bond donors (Lipinski definition) is 3. The highest BCUT2D eigenvalue weighted by Crippen LogP contribution is 2.30. The Morgan fingerprint density at radius 2 is 1.89 bits per heavy atom. The maximum atomic E-state index is 11.7. The third kappa shape index (κ3) is 4.26. The highest BCUT2D eigenvalue weighted by atomic mass is 32.2. The molecule has 0 aromatic rings. The first kappa shape index (κ1) is 14.9. The number of carbonyl (C=O) groups is 2. The normalized spacial score (nSPS) is 23.8. The van der Waals surface area contributed by atoms with Gasteiger partial charge in [-0.1, -0.05) is 0 Å². The summed E-state index contributed by atoms with van der Waals surface area (Å²) in [6.07, 6.45) is 1.38. The van der Waals surface area contributed by atoms with Crippen molar-refractivity contribution in [3.05, 3.63) is 0 Å². The minimum Gasteiger partial charge on any atom is -0.481 e. The lowest BCUT2D eigenvalue weighted by Gasteiger charge is -2.10. The molecule has 1 aliphatic rings. The van der Waals surface area contributed by atoms with Crippen LogP contribution >= 0.6 is 0 Å². The molecule has 1 fully saturated rings. The molecular formula is C10H18N2O5S. The number of amides is 1. The number of carbonyl (C=O) groups excluding carboxylic acids is 1. The van der Waals surface area contributed by atoms with Crippen molar-refractivity contribution in [2.45, 2.75) is 19.3 Å². The van der Waals surface area contributed by atoms with Crippen LogP contribution in [0.5, 0.6) is 0 Å². The third-order valence-electron chi connectivity index (χ3n) is 3.13. The number of nitrogens with one attached hydrogen (secondary N) is 2. The van der Waals surface area contributed by atoms with Gasteiger partial charge in [-0.25, -0.2) is 13.1 Å². The van der Waals surface area contributed by atoms with Crippen molar-refractivity contribution in [3.63, 3.8) is 0 Å². The Morgan fingerprint density at radius 1 is 1.28 bits per heavy atom. The number of sulfonamides is 1. The van der Waals surface area contributed by atoms with Crippen LogP contribution in [0.1, 0.15) is 19.3 Å². The average molecular weight is 278 g/mol. The summed E-state index contributed by atoms with van der Waals surface area (Å²) in [5, 5.41) is 11.3. The van der Waals surface area contributed by atoms with E-state index in [2.05, 4.69) is 10.0 Å². The van der Waals surface area contributed by atoms with E-state index >= 15 is 0 Å². The summed E-state index contributed by atoms with van der Waals surface area (Å²) in [6, 6.07) is 0. The van der Waals surface area contributed by atoms with Gasteiger partial charge in [0.05, 0.1) is 11.7 Å². The summed E-state index contributed by atoms with van der Waals surface area (Å²) < 4.78 is 24.4. The molecule has 1 aliphatic carbocycles. The fourth-order valence-electron chi connectivity index (χ4n) is 2.00. The fraction of sp³-hybridized carbons (Fsp3) is 0.800. The zero-order chi connectivity index (χ0) is 13.8. The molecule has 3 N–H and O–H groups in total. The average Bonchev–Trinajstić information content (AvgIpc) is 2.78. The molecule has 0 saturated heterocycles. The van der Waals surface area contributed by atoms with Gasteiger partial charge in [0.25, 0.3) is 0 Å². The van der Waals surface area contributed by atoms with Crippen LogP contribution in [0.2, 0.25) is 0 Å². The number of carboxylic acid groups (broad SMARTS) is 1. The number of hydrogen-bond acceptors (Lipinski definition) is 4. The number of rotatable bonds is 6. The molecule has 7 nitrogen and oxygen atoms in total. The van der Waals surface area contributed by atoms with Crippen molar-refractivity contribution < 1.29 is 23.1 Å². The Kier molecular flexibility index (Phi) is 5.09. The first-order chi connectivity index (χ1) is 8.35. The molecule has 2 unspecified atom stereocenters. The molecule has 1 saturated carbocycles. The topological polar surface area (TPSA) is 113 Å². The zero-order valence-corrected chi connectivity index (χ0v) is 11.0. The molecule has 8 heteroatoms. The van der Waals surface area contributed by atoms with E-state index < -0.39 is 21.9 Å². The van der Waals surface area contributed by atoms with Crippen LogP contribution < -0.4 is 10.0 Å². The zero-order valence-electron chi connectivity index (χ0n) is 10.2. The van der Waals surface area contributed by atoms with E-state index in [1.165, 1.54) is 7.05 Å². The lowest BCUT2D eigenvalue weighted by atomic mass is 10.0. The third-order valence-corrected chi connectivity index (χ3v) is 4.50. The Morgan fingerprint density at radius 3 is 2.39 bits per heavy atom. The smallest absolute Gasteiger partial charge is 0.306 e.